The molecular weight excluding hydrogens is 543 g/mol. The topological polar surface area (TPSA) is 138 Å². The predicted molar refractivity (Wildman–Crippen MR) is 119 cm³/mol. The van der Waals surface area contributed by atoms with E-state index >= 15 is 0 Å². The number of carbonyl (C=O) groups is 1. The van der Waals surface area contributed by atoms with E-state index in [2.05, 4.69) is 42.8 Å². The number of nitrogens with one attached hydrogen (secondary N) is 1. The summed E-state index contributed by atoms with van der Waals surface area (Å²) in [5.74, 6) is -1.16. The van der Waals surface area contributed by atoms with Crippen molar-refractivity contribution in [3.8, 4) is 5.88 Å². The number of aromatic hydroxyl groups is 1. The molecule has 12 heteroatoms. The van der Waals surface area contributed by atoms with Crippen molar-refractivity contribution in [2.75, 3.05) is 0 Å². The van der Waals surface area contributed by atoms with E-state index in [4.69, 9.17) is 4.42 Å². The molecule has 0 aliphatic heterocycles. The molecule has 1 aromatic carbocycles. The number of amides is 1. The molecule has 9 nitrogen and oxygen atoms in total. The number of furan rings is 1. The van der Waals surface area contributed by atoms with E-state index in [0.29, 0.717) is 16.7 Å². The van der Waals surface area contributed by atoms with Crippen LogP contribution in [0.25, 0.3) is 10.9 Å². The quantitative estimate of drug-likeness (QED) is 0.264. The lowest BCUT2D eigenvalue weighted by atomic mass is 10.2. The SMILES string of the molecule is O=C(N=Nc1c(O)[nH]c2ccc(I)cc12)c1csc(CS(=O)(=O)Cc2ccco2)n1. The number of carbonyl (C=O) groups excluding carboxylic acids is 1. The van der Waals surface area contributed by atoms with Crippen molar-refractivity contribution < 1.29 is 22.7 Å². The lowest BCUT2D eigenvalue weighted by molar-refractivity contribution is 0.0990. The molecule has 0 saturated carbocycles. The van der Waals surface area contributed by atoms with E-state index in [1.165, 1.54) is 11.6 Å². The number of H-pyrrole nitrogens is 1. The highest BCUT2D eigenvalue weighted by Crippen LogP contribution is 2.36. The second-order valence-corrected chi connectivity index (χ2v) is 10.5. The first-order chi connectivity index (χ1) is 14.3. The number of fused-ring (bicyclic) bond motifs is 1. The molecule has 0 radical (unpaired) electrons. The van der Waals surface area contributed by atoms with Crippen molar-refractivity contribution in [1.29, 1.82) is 0 Å². The molecule has 3 heterocycles. The van der Waals surface area contributed by atoms with Gasteiger partial charge in [-0.2, -0.15) is 0 Å². The zero-order valence-electron chi connectivity index (χ0n) is 15.1. The van der Waals surface area contributed by atoms with Gasteiger partial charge in [0.1, 0.15) is 28.0 Å². The number of halogens is 1. The van der Waals surface area contributed by atoms with Crippen LogP contribution in [-0.4, -0.2) is 29.4 Å². The van der Waals surface area contributed by atoms with Crippen LogP contribution in [0.5, 0.6) is 5.88 Å². The molecule has 0 spiro atoms. The molecule has 0 aliphatic rings. The Balaban J connectivity index is 1.49. The van der Waals surface area contributed by atoms with Gasteiger partial charge in [-0.25, -0.2) is 13.4 Å². The van der Waals surface area contributed by atoms with Crippen molar-refractivity contribution in [3.05, 3.63) is 62.0 Å². The number of hydrogen-bond acceptors (Lipinski definition) is 8. The van der Waals surface area contributed by atoms with Crippen LogP contribution in [0.15, 0.2) is 56.6 Å². The third-order valence-electron chi connectivity index (χ3n) is 4.01. The Morgan fingerprint density at radius 2 is 2.13 bits per heavy atom. The van der Waals surface area contributed by atoms with Gasteiger partial charge in [-0.3, -0.25) is 4.79 Å². The summed E-state index contributed by atoms with van der Waals surface area (Å²) in [6, 6.07) is 8.64. The normalized spacial score (nSPS) is 12.2. The zero-order chi connectivity index (χ0) is 21.3. The molecular formula is C18H13IN4O5S2. The molecule has 0 atom stereocenters. The van der Waals surface area contributed by atoms with Gasteiger partial charge in [0.15, 0.2) is 15.5 Å². The van der Waals surface area contributed by atoms with E-state index in [0.717, 1.165) is 14.9 Å². The molecule has 2 N–H and O–H groups in total. The van der Waals surface area contributed by atoms with Gasteiger partial charge in [0.2, 0.25) is 5.88 Å². The summed E-state index contributed by atoms with van der Waals surface area (Å²) in [6.45, 7) is 0. The molecule has 30 heavy (non-hydrogen) atoms. The first-order valence-electron chi connectivity index (χ1n) is 8.44. The lowest BCUT2D eigenvalue weighted by Gasteiger charge is -1.99. The average molecular weight is 556 g/mol. The van der Waals surface area contributed by atoms with E-state index in [9.17, 15) is 18.3 Å². The molecule has 1 amide bonds. The van der Waals surface area contributed by atoms with Gasteiger partial charge in [0, 0.05) is 14.3 Å². The fourth-order valence-electron chi connectivity index (χ4n) is 2.71. The third kappa shape index (κ3) is 4.60. The van der Waals surface area contributed by atoms with Crippen LogP contribution in [0.1, 0.15) is 21.3 Å². The first kappa shape index (κ1) is 20.7. The van der Waals surface area contributed by atoms with Crippen LogP contribution in [-0.2, 0) is 21.3 Å². The number of azo groups is 1. The van der Waals surface area contributed by atoms with Crippen LogP contribution in [0.4, 0.5) is 5.69 Å². The Morgan fingerprint density at radius 3 is 2.90 bits per heavy atom. The van der Waals surface area contributed by atoms with Crippen molar-refractivity contribution in [3.63, 3.8) is 0 Å². The summed E-state index contributed by atoms with van der Waals surface area (Å²) in [6.07, 6.45) is 1.41. The molecule has 0 saturated heterocycles. The third-order valence-corrected chi connectivity index (χ3v) is 7.15. The van der Waals surface area contributed by atoms with Crippen LogP contribution in [0.3, 0.4) is 0 Å². The number of nitrogens with zero attached hydrogens (tertiary/aromatic N) is 3. The van der Waals surface area contributed by atoms with Gasteiger partial charge in [-0.1, -0.05) is 0 Å². The van der Waals surface area contributed by atoms with Crippen LogP contribution in [0.2, 0.25) is 0 Å². The van der Waals surface area contributed by atoms with Gasteiger partial charge in [-0.05, 0) is 52.9 Å². The van der Waals surface area contributed by atoms with Gasteiger partial charge in [0.25, 0.3) is 0 Å². The highest BCUT2D eigenvalue weighted by Gasteiger charge is 2.19. The molecule has 4 rings (SSSR count). The minimum absolute atomic E-state index is 0.0131. The number of sulfone groups is 1. The van der Waals surface area contributed by atoms with Crippen LogP contribution >= 0.6 is 33.9 Å². The monoisotopic (exact) mass is 556 g/mol. The maximum atomic E-state index is 12.3. The van der Waals surface area contributed by atoms with E-state index in [-0.39, 0.29) is 33.8 Å². The lowest BCUT2D eigenvalue weighted by Crippen LogP contribution is -2.07. The van der Waals surface area contributed by atoms with Crippen molar-refractivity contribution >= 4 is 66.3 Å². The number of aromatic nitrogens is 2. The molecule has 4 aromatic rings. The Labute approximate surface area is 187 Å². The van der Waals surface area contributed by atoms with Crippen molar-refractivity contribution in [2.45, 2.75) is 11.5 Å². The number of thiazole rings is 1. The largest absolute Gasteiger partial charge is 0.493 e. The van der Waals surface area contributed by atoms with Crippen LogP contribution < -0.4 is 0 Å². The molecule has 0 unspecified atom stereocenters. The van der Waals surface area contributed by atoms with Gasteiger partial charge in [0.05, 0.1) is 11.8 Å². The minimum Gasteiger partial charge on any atom is -0.493 e. The summed E-state index contributed by atoms with van der Waals surface area (Å²) < 4.78 is 30.5. The average Bonchev–Trinajstić information content (AvgIpc) is 3.40. The highest BCUT2D eigenvalue weighted by molar-refractivity contribution is 14.1. The van der Waals surface area contributed by atoms with E-state index < -0.39 is 15.7 Å². The second kappa shape index (κ2) is 8.28. The van der Waals surface area contributed by atoms with E-state index in [1.54, 1.807) is 24.3 Å². The zero-order valence-corrected chi connectivity index (χ0v) is 18.9. The Hall–Kier alpha value is -2.58. The fourth-order valence-corrected chi connectivity index (χ4v) is 5.70. The summed E-state index contributed by atoms with van der Waals surface area (Å²) in [5, 5.41) is 19.9. The van der Waals surface area contributed by atoms with Crippen molar-refractivity contribution in [2.24, 2.45) is 10.2 Å². The number of aromatic amines is 1. The van der Waals surface area contributed by atoms with Crippen molar-refractivity contribution in [1.82, 2.24) is 9.97 Å². The Bertz CT molecular complexity index is 1360. The summed E-state index contributed by atoms with van der Waals surface area (Å²) in [5.41, 5.74) is 0.793. The Morgan fingerprint density at radius 1 is 1.30 bits per heavy atom. The number of rotatable bonds is 6. The minimum atomic E-state index is -3.50. The van der Waals surface area contributed by atoms with Gasteiger partial charge < -0.3 is 14.5 Å². The number of hydrogen-bond donors (Lipinski definition) is 2. The van der Waals surface area contributed by atoms with Gasteiger partial charge >= 0.3 is 5.91 Å². The summed E-state index contributed by atoms with van der Waals surface area (Å²) in [4.78, 5) is 19.1. The number of benzene rings is 1. The van der Waals surface area contributed by atoms with E-state index in [1.807, 2.05) is 6.07 Å². The first-order valence-corrected chi connectivity index (χ1v) is 12.2. The smallest absolute Gasteiger partial charge is 0.314 e. The van der Waals surface area contributed by atoms with Crippen LogP contribution in [0, 0.1) is 3.57 Å². The Kier molecular flexibility index (Phi) is 5.71. The maximum absolute atomic E-state index is 12.3. The molecule has 0 bridgehead atoms. The molecule has 0 fully saturated rings. The fraction of sp³-hybridized carbons (Fsp3) is 0.111. The standard InChI is InChI=1S/C18H13IN4O5S2/c19-10-3-4-13-12(6-10)16(18(25)21-13)22-23-17(24)14-7-29-15(20-14)9-30(26,27)8-11-2-1-5-28-11/h1-7,21,25H,8-9H2. The summed E-state index contributed by atoms with van der Waals surface area (Å²) >= 11 is 3.17. The van der Waals surface area contributed by atoms with Gasteiger partial charge in [-0.15, -0.1) is 21.6 Å². The molecule has 3 aromatic heterocycles. The predicted octanol–water partition coefficient (Wildman–Crippen LogP) is 4.57. The summed E-state index contributed by atoms with van der Waals surface area (Å²) in [7, 11) is -3.50. The highest BCUT2D eigenvalue weighted by atomic mass is 127. The molecule has 0 aliphatic carbocycles. The second-order valence-electron chi connectivity index (χ2n) is 6.26. The maximum Gasteiger partial charge on any atom is 0.314 e. The molecule has 154 valence electrons.